The van der Waals surface area contributed by atoms with E-state index >= 15 is 0 Å². The molecule has 0 bridgehead atoms. The third-order valence-corrected chi connectivity index (χ3v) is 4.77. The standard InChI is InChI=1S/C17H16Cl2O/c18-15-6-2-5-14(17(15)19)16(20)10-11-7-8-12-3-1-4-13(12)9-11/h2,5-9,16,20H,1,3-4,10H2. The number of fused-ring (bicyclic) bond motifs is 1. The number of aliphatic hydroxyl groups excluding tert-OH is 1. The molecule has 2 aromatic rings. The Morgan fingerprint density at radius 3 is 2.70 bits per heavy atom. The molecule has 1 aliphatic rings. The van der Waals surface area contributed by atoms with Crippen LogP contribution in [0.2, 0.25) is 10.0 Å². The molecule has 0 aliphatic heterocycles. The molecular weight excluding hydrogens is 291 g/mol. The van der Waals surface area contributed by atoms with Crippen molar-refractivity contribution in [1.82, 2.24) is 0 Å². The van der Waals surface area contributed by atoms with Crippen molar-refractivity contribution in [3.8, 4) is 0 Å². The summed E-state index contributed by atoms with van der Waals surface area (Å²) in [6.07, 6.45) is 3.50. The number of hydrogen-bond donors (Lipinski definition) is 1. The van der Waals surface area contributed by atoms with Gasteiger partial charge < -0.3 is 5.11 Å². The lowest BCUT2D eigenvalue weighted by molar-refractivity contribution is 0.178. The van der Waals surface area contributed by atoms with Gasteiger partial charge in [-0.3, -0.25) is 0 Å². The van der Waals surface area contributed by atoms with Gasteiger partial charge in [-0.25, -0.2) is 0 Å². The van der Waals surface area contributed by atoms with E-state index in [0.29, 0.717) is 22.0 Å². The quantitative estimate of drug-likeness (QED) is 0.867. The summed E-state index contributed by atoms with van der Waals surface area (Å²) >= 11 is 12.2. The number of aryl methyl sites for hydroxylation is 2. The molecule has 104 valence electrons. The number of benzene rings is 2. The molecule has 1 unspecified atom stereocenters. The van der Waals surface area contributed by atoms with Crippen molar-refractivity contribution < 1.29 is 5.11 Å². The van der Waals surface area contributed by atoms with Gasteiger partial charge in [-0.2, -0.15) is 0 Å². The van der Waals surface area contributed by atoms with Gasteiger partial charge in [0.1, 0.15) is 0 Å². The normalized spacial score (nSPS) is 15.2. The highest BCUT2D eigenvalue weighted by molar-refractivity contribution is 6.42. The van der Waals surface area contributed by atoms with E-state index in [2.05, 4.69) is 18.2 Å². The Morgan fingerprint density at radius 2 is 1.85 bits per heavy atom. The lowest BCUT2D eigenvalue weighted by atomic mass is 9.98. The summed E-state index contributed by atoms with van der Waals surface area (Å²) < 4.78 is 0. The third-order valence-electron chi connectivity index (χ3n) is 3.93. The van der Waals surface area contributed by atoms with Gasteiger partial charge in [0.25, 0.3) is 0 Å². The van der Waals surface area contributed by atoms with Crippen molar-refractivity contribution in [3.63, 3.8) is 0 Å². The fourth-order valence-electron chi connectivity index (χ4n) is 2.86. The fourth-order valence-corrected chi connectivity index (χ4v) is 3.30. The minimum Gasteiger partial charge on any atom is -0.388 e. The molecular formula is C17H16Cl2O. The largest absolute Gasteiger partial charge is 0.388 e. The van der Waals surface area contributed by atoms with E-state index in [1.165, 1.54) is 24.0 Å². The monoisotopic (exact) mass is 306 g/mol. The summed E-state index contributed by atoms with van der Waals surface area (Å²) in [7, 11) is 0. The minimum absolute atomic E-state index is 0.447. The van der Waals surface area contributed by atoms with Crippen LogP contribution < -0.4 is 0 Å². The molecule has 3 heteroatoms. The molecule has 20 heavy (non-hydrogen) atoms. The van der Waals surface area contributed by atoms with E-state index in [9.17, 15) is 5.11 Å². The summed E-state index contributed by atoms with van der Waals surface area (Å²) in [4.78, 5) is 0. The van der Waals surface area contributed by atoms with Gasteiger partial charge in [-0.15, -0.1) is 0 Å². The molecule has 0 spiro atoms. The Hall–Kier alpha value is -1.02. The number of hydrogen-bond acceptors (Lipinski definition) is 1. The molecule has 1 N–H and O–H groups in total. The maximum atomic E-state index is 10.4. The van der Waals surface area contributed by atoms with E-state index in [1.807, 2.05) is 12.1 Å². The van der Waals surface area contributed by atoms with Gasteiger partial charge in [0.05, 0.1) is 16.1 Å². The Bertz CT molecular complexity index is 637. The average Bonchev–Trinajstić information content (AvgIpc) is 2.89. The zero-order chi connectivity index (χ0) is 14.1. The highest BCUT2D eigenvalue weighted by atomic mass is 35.5. The van der Waals surface area contributed by atoms with Crippen LogP contribution in [0.15, 0.2) is 36.4 Å². The summed E-state index contributed by atoms with van der Waals surface area (Å²) in [6, 6.07) is 11.9. The first-order valence-corrected chi connectivity index (χ1v) is 7.63. The van der Waals surface area contributed by atoms with Crippen molar-refractivity contribution in [2.45, 2.75) is 31.8 Å². The van der Waals surface area contributed by atoms with E-state index < -0.39 is 6.10 Å². The lowest BCUT2D eigenvalue weighted by Gasteiger charge is -2.14. The van der Waals surface area contributed by atoms with Gasteiger partial charge in [0.2, 0.25) is 0 Å². The molecule has 0 saturated heterocycles. The number of halogens is 2. The van der Waals surface area contributed by atoms with Gasteiger partial charge in [0.15, 0.2) is 0 Å². The molecule has 1 atom stereocenters. The Kier molecular flexibility index (Phi) is 4.02. The Morgan fingerprint density at radius 1 is 1.05 bits per heavy atom. The highest BCUT2D eigenvalue weighted by Crippen LogP contribution is 2.32. The van der Waals surface area contributed by atoms with Gasteiger partial charge in [-0.1, -0.05) is 53.5 Å². The molecule has 1 aliphatic carbocycles. The van der Waals surface area contributed by atoms with Crippen molar-refractivity contribution in [3.05, 3.63) is 68.7 Å². The van der Waals surface area contributed by atoms with Crippen LogP contribution in [0.1, 0.15) is 34.8 Å². The van der Waals surface area contributed by atoms with Gasteiger partial charge in [-0.05, 0) is 42.0 Å². The van der Waals surface area contributed by atoms with Crippen LogP contribution in [-0.4, -0.2) is 5.11 Å². The molecule has 3 rings (SSSR count). The van der Waals surface area contributed by atoms with Crippen LogP contribution in [0, 0.1) is 0 Å². The van der Waals surface area contributed by atoms with Crippen LogP contribution in [0.4, 0.5) is 0 Å². The second-order valence-electron chi connectivity index (χ2n) is 5.32. The second kappa shape index (κ2) is 5.77. The Balaban J connectivity index is 1.82. The molecule has 0 fully saturated rings. The predicted octanol–water partition coefficient (Wildman–Crippen LogP) is 4.76. The zero-order valence-corrected chi connectivity index (χ0v) is 12.6. The van der Waals surface area contributed by atoms with Crippen LogP contribution in [0.5, 0.6) is 0 Å². The first kappa shape index (κ1) is 13.9. The highest BCUT2D eigenvalue weighted by Gasteiger charge is 2.16. The maximum Gasteiger partial charge on any atom is 0.0845 e. The van der Waals surface area contributed by atoms with E-state index in [4.69, 9.17) is 23.2 Å². The summed E-state index contributed by atoms with van der Waals surface area (Å²) in [5, 5.41) is 11.3. The van der Waals surface area contributed by atoms with Gasteiger partial charge in [0, 0.05) is 12.0 Å². The second-order valence-corrected chi connectivity index (χ2v) is 6.10. The summed E-state index contributed by atoms with van der Waals surface area (Å²) in [5.41, 5.74) is 4.71. The van der Waals surface area contributed by atoms with Crippen LogP contribution >= 0.6 is 23.2 Å². The lowest BCUT2D eigenvalue weighted by Crippen LogP contribution is -2.03. The molecule has 0 aromatic heterocycles. The van der Waals surface area contributed by atoms with Crippen LogP contribution in [0.3, 0.4) is 0 Å². The maximum absolute atomic E-state index is 10.4. The zero-order valence-electron chi connectivity index (χ0n) is 11.1. The topological polar surface area (TPSA) is 20.2 Å². The molecule has 1 nitrogen and oxygen atoms in total. The van der Waals surface area contributed by atoms with E-state index in [-0.39, 0.29) is 0 Å². The average molecular weight is 307 g/mol. The minimum atomic E-state index is -0.624. The summed E-state index contributed by atoms with van der Waals surface area (Å²) in [6.45, 7) is 0. The third kappa shape index (κ3) is 2.71. The molecule has 0 heterocycles. The predicted molar refractivity (Wildman–Crippen MR) is 83.6 cm³/mol. The van der Waals surface area contributed by atoms with Crippen molar-refractivity contribution in [2.75, 3.05) is 0 Å². The molecule has 0 radical (unpaired) electrons. The number of rotatable bonds is 3. The van der Waals surface area contributed by atoms with E-state index in [1.54, 1.807) is 6.07 Å². The first-order valence-electron chi connectivity index (χ1n) is 6.88. The SMILES string of the molecule is OC(Cc1ccc2c(c1)CCC2)c1cccc(Cl)c1Cl. The smallest absolute Gasteiger partial charge is 0.0845 e. The number of aliphatic hydroxyl groups is 1. The van der Waals surface area contributed by atoms with Crippen molar-refractivity contribution in [2.24, 2.45) is 0 Å². The van der Waals surface area contributed by atoms with Gasteiger partial charge >= 0.3 is 0 Å². The van der Waals surface area contributed by atoms with Crippen molar-refractivity contribution >= 4 is 23.2 Å². The van der Waals surface area contributed by atoms with Crippen LogP contribution in [-0.2, 0) is 19.3 Å². The van der Waals surface area contributed by atoms with E-state index in [0.717, 1.165) is 12.0 Å². The summed E-state index contributed by atoms with van der Waals surface area (Å²) in [5.74, 6) is 0. The molecule has 0 amide bonds. The first-order chi connectivity index (χ1) is 9.65. The van der Waals surface area contributed by atoms with Crippen molar-refractivity contribution in [1.29, 1.82) is 0 Å². The fraction of sp³-hybridized carbons (Fsp3) is 0.294. The van der Waals surface area contributed by atoms with Crippen LogP contribution in [0.25, 0.3) is 0 Å². The molecule has 0 saturated carbocycles. The Labute approximate surface area is 129 Å². The molecule has 2 aromatic carbocycles.